The van der Waals surface area contributed by atoms with Crippen molar-refractivity contribution < 1.29 is 14.0 Å². The molecular weight excluding hydrogens is 423 g/mol. The molecule has 1 fully saturated rings. The van der Waals surface area contributed by atoms with Gasteiger partial charge in [0, 0.05) is 24.5 Å². The predicted molar refractivity (Wildman–Crippen MR) is 115 cm³/mol. The molecule has 0 bridgehead atoms. The fraction of sp³-hybridized carbons (Fsp3) is 0.182. The summed E-state index contributed by atoms with van der Waals surface area (Å²) >= 11 is 5.78. The number of carbonyl (C=O) groups excluding carboxylic acids is 2. The Balaban J connectivity index is 1.43. The molecule has 1 aromatic carbocycles. The zero-order valence-electron chi connectivity index (χ0n) is 16.4. The molecule has 0 aliphatic heterocycles. The first-order valence-electron chi connectivity index (χ1n) is 9.49. The van der Waals surface area contributed by atoms with Crippen LogP contribution in [0.3, 0.4) is 0 Å². The van der Waals surface area contributed by atoms with Gasteiger partial charge in [-0.1, -0.05) is 17.7 Å². The summed E-state index contributed by atoms with van der Waals surface area (Å²) in [6.45, 7) is 1.67. The van der Waals surface area contributed by atoms with Gasteiger partial charge < -0.3 is 10.6 Å². The third-order valence-electron chi connectivity index (χ3n) is 5.35. The number of benzene rings is 1. The van der Waals surface area contributed by atoms with E-state index in [9.17, 15) is 18.8 Å². The highest BCUT2D eigenvalue weighted by Gasteiger charge is 2.60. The number of nitrogens with one attached hydrogen (secondary N) is 2. The molecule has 2 N–H and O–H groups in total. The minimum absolute atomic E-state index is 0.0215. The molecule has 1 saturated carbocycles. The first-order valence-corrected chi connectivity index (χ1v) is 9.87. The molecule has 2 amide bonds. The Kier molecular flexibility index (Phi) is 5.32. The summed E-state index contributed by atoms with van der Waals surface area (Å²) < 4.78 is 15.8. The molecule has 1 aliphatic rings. The SMILES string of the molecule is C[C@]1(C(=O)Nc2ccc(Cl)cn2)C[C@H]1C(=O)Nc1ccc(-n2ccccc2=O)cc1F. The maximum absolute atomic E-state index is 14.6. The number of hydrogen-bond donors (Lipinski definition) is 2. The van der Waals surface area contributed by atoms with Crippen LogP contribution in [0.15, 0.2) is 65.7 Å². The normalized spacial score (nSPS) is 19.5. The van der Waals surface area contributed by atoms with E-state index < -0.39 is 23.1 Å². The summed E-state index contributed by atoms with van der Waals surface area (Å²) in [6, 6.07) is 11.9. The molecule has 4 rings (SSSR count). The van der Waals surface area contributed by atoms with Gasteiger partial charge in [0.2, 0.25) is 11.8 Å². The summed E-state index contributed by atoms with van der Waals surface area (Å²) in [5.41, 5.74) is -0.897. The van der Waals surface area contributed by atoms with Crippen LogP contribution in [0.5, 0.6) is 0 Å². The first kappa shape index (κ1) is 20.7. The van der Waals surface area contributed by atoms with E-state index in [1.807, 2.05) is 0 Å². The second-order valence-corrected chi connectivity index (χ2v) is 7.99. The van der Waals surface area contributed by atoms with E-state index in [1.165, 1.54) is 41.2 Å². The Morgan fingerprint density at radius 1 is 1.19 bits per heavy atom. The van der Waals surface area contributed by atoms with Crippen molar-refractivity contribution in [3.63, 3.8) is 0 Å². The third-order valence-corrected chi connectivity index (χ3v) is 5.58. The van der Waals surface area contributed by atoms with Crippen LogP contribution in [-0.2, 0) is 9.59 Å². The predicted octanol–water partition coefficient (Wildman–Crippen LogP) is 3.63. The van der Waals surface area contributed by atoms with Crippen molar-refractivity contribution in [1.29, 1.82) is 0 Å². The van der Waals surface area contributed by atoms with Crippen LogP contribution < -0.4 is 16.2 Å². The van der Waals surface area contributed by atoms with Crippen molar-refractivity contribution in [2.75, 3.05) is 10.6 Å². The summed E-state index contributed by atoms with van der Waals surface area (Å²) in [7, 11) is 0. The molecule has 2 atom stereocenters. The van der Waals surface area contributed by atoms with Gasteiger partial charge in [0.25, 0.3) is 5.56 Å². The van der Waals surface area contributed by atoms with Crippen LogP contribution in [0.1, 0.15) is 13.3 Å². The lowest BCUT2D eigenvalue weighted by atomic mass is 10.1. The number of pyridine rings is 2. The van der Waals surface area contributed by atoms with Crippen LogP contribution in [0.4, 0.5) is 15.9 Å². The molecular formula is C22H18ClFN4O3. The number of rotatable bonds is 5. The van der Waals surface area contributed by atoms with Gasteiger partial charge >= 0.3 is 0 Å². The lowest BCUT2D eigenvalue weighted by Crippen LogP contribution is -2.28. The van der Waals surface area contributed by atoms with E-state index >= 15 is 0 Å². The highest BCUT2D eigenvalue weighted by atomic mass is 35.5. The van der Waals surface area contributed by atoms with Gasteiger partial charge in [0.15, 0.2) is 0 Å². The molecule has 158 valence electrons. The molecule has 0 spiro atoms. The molecule has 1 aliphatic carbocycles. The average Bonchev–Trinajstić information content (AvgIpc) is 3.45. The molecule has 2 aromatic heterocycles. The zero-order chi connectivity index (χ0) is 22.2. The quantitative estimate of drug-likeness (QED) is 0.633. The standard InChI is InChI=1S/C22H18ClFN4O3/c1-22(21(31)27-18-8-5-13(23)12-25-18)11-15(22)20(30)26-17-7-6-14(10-16(17)24)28-9-3-2-4-19(28)29/h2-10,12,15H,11H2,1H3,(H,26,30)(H,25,27,31)/t15-,22-/m0/s1. The second kappa shape index (κ2) is 7.96. The minimum atomic E-state index is -0.917. The number of carbonyl (C=O) groups is 2. The topological polar surface area (TPSA) is 93.1 Å². The van der Waals surface area contributed by atoms with Crippen molar-refractivity contribution in [1.82, 2.24) is 9.55 Å². The highest BCUT2D eigenvalue weighted by Crippen LogP contribution is 2.53. The third kappa shape index (κ3) is 4.20. The maximum atomic E-state index is 14.6. The maximum Gasteiger partial charge on any atom is 0.255 e. The van der Waals surface area contributed by atoms with Gasteiger partial charge in [-0.05, 0) is 43.7 Å². The Labute approximate surface area is 181 Å². The van der Waals surface area contributed by atoms with Crippen molar-refractivity contribution in [3.05, 3.63) is 82.1 Å². The largest absolute Gasteiger partial charge is 0.323 e. The second-order valence-electron chi connectivity index (χ2n) is 7.55. The summed E-state index contributed by atoms with van der Waals surface area (Å²) in [5, 5.41) is 5.64. The molecule has 2 heterocycles. The van der Waals surface area contributed by atoms with E-state index in [2.05, 4.69) is 15.6 Å². The van der Waals surface area contributed by atoms with E-state index in [4.69, 9.17) is 11.6 Å². The number of amides is 2. The van der Waals surface area contributed by atoms with Crippen LogP contribution in [-0.4, -0.2) is 21.4 Å². The van der Waals surface area contributed by atoms with Crippen LogP contribution >= 0.6 is 11.6 Å². The van der Waals surface area contributed by atoms with Gasteiger partial charge in [-0.15, -0.1) is 0 Å². The molecule has 7 nitrogen and oxygen atoms in total. The molecule has 0 saturated heterocycles. The van der Waals surface area contributed by atoms with Gasteiger partial charge in [0.1, 0.15) is 11.6 Å². The van der Waals surface area contributed by atoms with Gasteiger partial charge in [-0.25, -0.2) is 9.37 Å². The Bertz CT molecular complexity index is 1230. The van der Waals surface area contributed by atoms with Crippen molar-refractivity contribution in [2.45, 2.75) is 13.3 Å². The smallest absolute Gasteiger partial charge is 0.255 e. The van der Waals surface area contributed by atoms with E-state index in [-0.39, 0.29) is 17.2 Å². The number of halogens is 2. The van der Waals surface area contributed by atoms with Crippen molar-refractivity contribution >= 4 is 34.9 Å². The molecule has 0 unspecified atom stereocenters. The van der Waals surface area contributed by atoms with E-state index in [1.54, 1.807) is 31.2 Å². The molecule has 3 aromatic rings. The molecule has 9 heteroatoms. The van der Waals surface area contributed by atoms with Crippen molar-refractivity contribution in [3.8, 4) is 5.69 Å². The van der Waals surface area contributed by atoms with Crippen molar-refractivity contribution in [2.24, 2.45) is 11.3 Å². The fourth-order valence-electron chi connectivity index (χ4n) is 3.32. The van der Waals surface area contributed by atoms with Gasteiger partial charge in [-0.3, -0.25) is 19.0 Å². The number of anilines is 2. The fourth-order valence-corrected chi connectivity index (χ4v) is 3.43. The minimum Gasteiger partial charge on any atom is -0.323 e. The monoisotopic (exact) mass is 440 g/mol. The number of aromatic nitrogens is 2. The van der Waals surface area contributed by atoms with Crippen LogP contribution in [0, 0.1) is 17.2 Å². The number of hydrogen-bond acceptors (Lipinski definition) is 4. The summed E-state index contributed by atoms with van der Waals surface area (Å²) in [6.07, 6.45) is 3.27. The van der Waals surface area contributed by atoms with Gasteiger partial charge in [0.05, 0.1) is 27.7 Å². The van der Waals surface area contributed by atoms with E-state index in [0.29, 0.717) is 22.9 Å². The summed E-state index contributed by atoms with van der Waals surface area (Å²) in [5.74, 6) is -1.75. The Morgan fingerprint density at radius 2 is 2.00 bits per heavy atom. The number of nitrogens with zero attached hydrogens (tertiary/aromatic N) is 2. The van der Waals surface area contributed by atoms with Crippen LogP contribution in [0.2, 0.25) is 5.02 Å². The average molecular weight is 441 g/mol. The van der Waals surface area contributed by atoms with Crippen LogP contribution in [0.25, 0.3) is 5.69 Å². The first-order chi connectivity index (χ1) is 14.8. The molecule has 31 heavy (non-hydrogen) atoms. The zero-order valence-corrected chi connectivity index (χ0v) is 17.2. The Morgan fingerprint density at radius 3 is 2.68 bits per heavy atom. The van der Waals surface area contributed by atoms with E-state index in [0.717, 1.165) is 0 Å². The Hall–Kier alpha value is -3.52. The highest BCUT2D eigenvalue weighted by molar-refractivity contribution is 6.30. The molecule has 0 radical (unpaired) electrons. The lowest BCUT2D eigenvalue weighted by Gasteiger charge is -2.13. The van der Waals surface area contributed by atoms with Gasteiger partial charge in [-0.2, -0.15) is 0 Å². The summed E-state index contributed by atoms with van der Waals surface area (Å²) in [4.78, 5) is 41.1. The lowest BCUT2D eigenvalue weighted by molar-refractivity contribution is -0.125.